The van der Waals surface area contributed by atoms with Gasteiger partial charge in [-0.15, -0.1) is 0 Å². The molecule has 4 rings (SSSR count). The second-order valence-corrected chi connectivity index (χ2v) is 10.5. The van der Waals surface area contributed by atoms with Crippen LogP contribution >= 0.6 is 0 Å². The van der Waals surface area contributed by atoms with Crippen LogP contribution in [0.3, 0.4) is 0 Å². The average molecular weight is 385 g/mol. The highest BCUT2D eigenvalue weighted by Gasteiger charge is 2.58. The minimum Gasteiger partial charge on any atom is -0.469 e. The van der Waals surface area contributed by atoms with Gasteiger partial charge in [0.2, 0.25) is 0 Å². The van der Waals surface area contributed by atoms with Crippen LogP contribution in [0.5, 0.6) is 0 Å². The van der Waals surface area contributed by atoms with Crippen molar-refractivity contribution in [3.8, 4) is 0 Å². The molecule has 0 aromatic heterocycles. The fourth-order valence-electron chi connectivity index (χ4n) is 7.62. The standard InChI is InChI=1S/C25H36O3/c1-16(5-10-23(27)28-4)20-8-9-21-19-7-6-17-15-18(26)11-13-24(17,2)22(19)12-14-25(20,21)3/h6-7,15-16,19-22H,5,8-14H2,1-4H3. The molecule has 0 aromatic rings. The lowest BCUT2D eigenvalue weighted by molar-refractivity contribution is -0.141. The van der Waals surface area contributed by atoms with E-state index < -0.39 is 0 Å². The van der Waals surface area contributed by atoms with E-state index in [4.69, 9.17) is 4.74 Å². The summed E-state index contributed by atoms with van der Waals surface area (Å²) in [7, 11) is 1.48. The number of esters is 1. The van der Waals surface area contributed by atoms with Gasteiger partial charge in [-0.3, -0.25) is 9.59 Å². The summed E-state index contributed by atoms with van der Waals surface area (Å²) in [6.45, 7) is 7.30. The van der Waals surface area contributed by atoms with Crippen LogP contribution in [0, 0.1) is 40.4 Å². The molecule has 4 aliphatic carbocycles. The number of hydrogen-bond donors (Lipinski definition) is 0. The number of ketones is 1. The zero-order valence-electron chi connectivity index (χ0n) is 18.0. The molecule has 0 bridgehead atoms. The first-order chi connectivity index (χ1) is 13.3. The van der Waals surface area contributed by atoms with E-state index in [0.29, 0.717) is 47.7 Å². The van der Waals surface area contributed by atoms with Crippen molar-refractivity contribution in [2.75, 3.05) is 7.11 Å². The summed E-state index contributed by atoms with van der Waals surface area (Å²) in [5.74, 6) is 3.56. The maximum Gasteiger partial charge on any atom is 0.305 e. The van der Waals surface area contributed by atoms with Crippen molar-refractivity contribution in [3.63, 3.8) is 0 Å². The molecule has 7 unspecified atom stereocenters. The summed E-state index contributed by atoms with van der Waals surface area (Å²) >= 11 is 0. The number of allylic oxidation sites excluding steroid dienone is 4. The molecule has 28 heavy (non-hydrogen) atoms. The van der Waals surface area contributed by atoms with Crippen molar-refractivity contribution in [1.82, 2.24) is 0 Å². The number of carbonyl (C=O) groups excluding carboxylic acids is 2. The molecule has 0 radical (unpaired) electrons. The maximum absolute atomic E-state index is 12.0. The zero-order chi connectivity index (χ0) is 20.1. The third-order valence-electron chi connectivity index (χ3n) is 9.31. The Labute approximate surface area is 170 Å². The molecule has 0 aliphatic heterocycles. The van der Waals surface area contributed by atoms with E-state index in [1.165, 1.54) is 38.4 Å². The van der Waals surface area contributed by atoms with Gasteiger partial charge >= 0.3 is 5.97 Å². The molecule has 0 spiro atoms. The summed E-state index contributed by atoms with van der Waals surface area (Å²) in [4.78, 5) is 23.6. The second kappa shape index (κ2) is 7.15. The Kier molecular flexibility index (Phi) is 5.08. The average Bonchev–Trinajstić information content (AvgIpc) is 3.03. The maximum atomic E-state index is 12.0. The van der Waals surface area contributed by atoms with E-state index in [0.717, 1.165) is 18.8 Å². The molecule has 4 aliphatic rings. The molecule has 0 amide bonds. The summed E-state index contributed by atoms with van der Waals surface area (Å²) in [6.07, 6.45) is 15.0. The first kappa shape index (κ1) is 19.9. The van der Waals surface area contributed by atoms with Gasteiger partial charge in [-0.25, -0.2) is 0 Å². The van der Waals surface area contributed by atoms with E-state index in [1.807, 2.05) is 6.08 Å². The minimum atomic E-state index is -0.0791. The Morgan fingerprint density at radius 3 is 2.75 bits per heavy atom. The third kappa shape index (κ3) is 3.00. The van der Waals surface area contributed by atoms with Crippen molar-refractivity contribution < 1.29 is 14.3 Å². The highest BCUT2D eigenvalue weighted by molar-refractivity contribution is 5.92. The number of hydrogen-bond acceptors (Lipinski definition) is 3. The highest BCUT2D eigenvalue weighted by Crippen LogP contribution is 2.66. The van der Waals surface area contributed by atoms with Crippen molar-refractivity contribution in [1.29, 1.82) is 0 Å². The van der Waals surface area contributed by atoms with E-state index >= 15 is 0 Å². The van der Waals surface area contributed by atoms with Gasteiger partial charge in [0.15, 0.2) is 5.78 Å². The number of rotatable bonds is 4. The number of fused-ring (bicyclic) bond motifs is 5. The van der Waals surface area contributed by atoms with Gasteiger partial charge in [-0.1, -0.05) is 32.9 Å². The molecule has 3 nitrogen and oxygen atoms in total. The van der Waals surface area contributed by atoms with Crippen LogP contribution in [-0.2, 0) is 14.3 Å². The fraction of sp³-hybridized carbons (Fsp3) is 0.760. The number of ether oxygens (including phenoxy) is 1. The van der Waals surface area contributed by atoms with Crippen LogP contribution in [0.1, 0.15) is 72.1 Å². The van der Waals surface area contributed by atoms with Gasteiger partial charge in [0.1, 0.15) is 0 Å². The fourth-order valence-corrected chi connectivity index (χ4v) is 7.62. The Morgan fingerprint density at radius 1 is 1.21 bits per heavy atom. The van der Waals surface area contributed by atoms with Gasteiger partial charge < -0.3 is 4.74 Å². The second-order valence-electron chi connectivity index (χ2n) is 10.5. The van der Waals surface area contributed by atoms with Crippen molar-refractivity contribution in [2.24, 2.45) is 40.4 Å². The Balaban J connectivity index is 1.55. The predicted molar refractivity (Wildman–Crippen MR) is 111 cm³/mol. The van der Waals surface area contributed by atoms with Crippen molar-refractivity contribution in [3.05, 3.63) is 23.8 Å². The van der Waals surface area contributed by atoms with E-state index in [9.17, 15) is 9.59 Å². The Bertz CT molecular complexity index is 719. The monoisotopic (exact) mass is 384 g/mol. The van der Waals surface area contributed by atoms with E-state index in [2.05, 4.69) is 32.9 Å². The van der Waals surface area contributed by atoms with Gasteiger partial charge in [-0.2, -0.15) is 0 Å². The normalized spacial score (nSPS) is 42.9. The quantitative estimate of drug-likeness (QED) is 0.601. The van der Waals surface area contributed by atoms with Crippen LogP contribution in [0.2, 0.25) is 0 Å². The zero-order valence-corrected chi connectivity index (χ0v) is 18.0. The third-order valence-corrected chi connectivity index (χ3v) is 9.31. The van der Waals surface area contributed by atoms with Crippen LogP contribution < -0.4 is 0 Å². The van der Waals surface area contributed by atoms with Crippen molar-refractivity contribution in [2.45, 2.75) is 72.1 Å². The molecule has 7 atom stereocenters. The highest BCUT2D eigenvalue weighted by atomic mass is 16.5. The lowest BCUT2D eigenvalue weighted by Crippen LogP contribution is -2.49. The Hall–Kier alpha value is -1.38. The molecule has 3 heteroatoms. The van der Waals surface area contributed by atoms with Gasteiger partial charge in [0, 0.05) is 12.8 Å². The van der Waals surface area contributed by atoms with Crippen LogP contribution in [-0.4, -0.2) is 18.9 Å². The SMILES string of the molecule is COC(=O)CCC(C)C1CCC2C3C=CC4=CC(=O)CCC4(C)C3CCC12C. The van der Waals surface area contributed by atoms with Crippen molar-refractivity contribution >= 4 is 11.8 Å². The lowest BCUT2D eigenvalue weighted by Gasteiger charge is -2.56. The summed E-state index contributed by atoms with van der Waals surface area (Å²) in [6, 6.07) is 0. The molecule has 2 fully saturated rings. The minimum absolute atomic E-state index is 0.0791. The topological polar surface area (TPSA) is 43.4 Å². The Morgan fingerprint density at radius 2 is 2.00 bits per heavy atom. The molecule has 0 N–H and O–H groups in total. The van der Waals surface area contributed by atoms with Gasteiger partial charge in [0.25, 0.3) is 0 Å². The van der Waals surface area contributed by atoms with Crippen LogP contribution in [0.4, 0.5) is 0 Å². The summed E-state index contributed by atoms with van der Waals surface area (Å²) in [5.41, 5.74) is 1.85. The first-order valence-electron chi connectivity index (χ1n) is 11.3. The number of methoxy groups -OCH3 is 1. The molecule has 154 valence electrons. The summed E-state index contributed by atoms with van der Waals surface area (Å²) < 4.78 is 4.86. The van der Waals surface area contributed by atoms with Gasteiger partial charge in [-0.05, 0) is 90.6 Å². The largest absolute Gasteiger partial charge is 0.469 e. The molecule has 0 saturated heterocycles. The molecule has 0 aromatic carbocycles. The summed E-state index contributed by atoms with van der Waals surface area (Å²) in [5, 5.41) is 0. The molecular formula is C25H36O3. The van der Waals surface area contributed by atoms with Crippen LogP contribution in [0.25, 0.3) is 0 Å². The van der Waals surface area contributed by atoms with E-state index in [1.54, 1.807) is 0 Å². The lowest BCUT2D eigenvalue weighted by atomic mass is 9.48. The first-order valence-corrected chi connectivity index (χ1v) is 11.3. The smallest absolute Gasteiger partial charge is 0.305 e. The molecule has 2 saturated carbocycles. The van der Waals surface area contributed by atoms with Gasteiger partial charge in [0.05, 0.1) is 7.11 Å². The molecule has 0 heterocycles. The van der Waals surface area contributed by atoms with E-state index in [-0.39, 0.29) is 11.4 Å². The molecular weight excluding hydrogens is 348 g/mol. The van der Waals surface area contributed by atoms with Crippen LogP contribution in [0.15, 0.2) is 23.8 Å². The number of carbonyl (C=O) groups is 2. The predicted octanol–water partition coefficient (Wildman–Crippen LogP) is 5.50.